The number of aliphatic carboxylic acids is 1. The number of aliphatic hydroxyl groups is 1. The largest absolute Gasteiger partial charge is 0.477 e. The van der Waals surface area contributed by atoms with E-state index in [4.69, 9.17) is 5.11 Å². The maximum Gasteiger partial charge on any atom is 0.352 e. The average Bonchev–Trinajstić information content (AvgIpc) is 2.42. The van der Waals surface area contributed by atoms with E-state index >= 15 is 0 Å². The van der Waals surface area contributed by atoms with E-state index < -0.39 is 18.0 Å². The number of aliphatic hydroxyl groups excluding tert-OH is 1. The standard InChI is InChI=1S/C9H11NO4/c1-4(11)7-5-2-3-6(9(13)14)10(5)8(7)12/h3-5,7,11H,2H2,1H3,(H,13,14)/t4?,5-,7+/m0/s1. The molecule has 2 N–H and O–H groups in total. The summed E-state index contributed by atoms with van der Waals surface area (Å²) >= 11 is 0. The molecule has 5 nitrogen and oxygen atoms in total. The molecule has 1 unspecified atom stereocenters. The van der Waals surface area contributed by atoms with E-state index in [0.717, 1.165) is 0 Å². The van der Waals surface area contributed by atoms with E-state index in [1.54, 1.807) is 6.92 Å². The highest BCUT2D eigenvalue weighted by molar-refractivity contribution is 5.98. The quantitative estimate of drug-likeness (QED) is 0.588. The predicted molar refractivity (Wildman–Crippen MR) is 46.1 cm³/mol. The third-order valence-corrected chi connectivity index (χ3v) is 2.82. The number of fused-ring (bicyclic) bond motifs is 1. The number of carboxylic acid groups (broad SMARTS) is 1. The lowest BCUT2D eigenvalue weighted by atomic mass is 9.83. The second-order valence-corrected chi connectivity index (χ2v) is 3.67. The Morgan fingerprint density at radius 3 is 2.86 bits per heavy atom. The van der Waals surface area contributed by atoms with Crippen molar-refractivity contribution in [3.63, 3.8) is 0 Å². The van der Waals surface area contributed by atoms with Crippen LogP contribution in [0.2, 0.25) is 0 Å². The van der Waals surface area contributed by atoms with Crippen molar-refractivity contribution in [1.82, 2.24) is 4.90 Å². The molecule has 1 amide bonds. The van der Waals surface area contributed by atoms with Gasteiger partial charge in [-0.2, -0.15) is 0 Å². The maximum atomic E-state index is 11.5. The van der Waals surface area contributed by atoms with Gasteiger partial charge in [-0.05, 0) is 13.3 Å². The number of β-lactam (4-membered cyclic amide) rings is 1. The van der Waals surface area contributed by atoms with Gasteiger partial charge in [0.2, 0.25) is 5.91 Å². The van der Waals surface area contributed by atoms with E-state index in [1.165, 1.54) is 11.0 Å². The number of carbonyl (C=O) groups is 2. The van der Waals surface area contributed by atoms with Crippen LogP contribution >= 0.6 is 0 Å². The van der Waals surface area contributed by atoms with Gasteiger partial charge in [0.25, 0.3) is 0 Å². The summed E-state index contributed by atoms with van der Waals surface area (Å²) in [6.07, 6.45) is 1.36. The monoisotopic (exact) mass is 197 g/mol. The van der Waals surface area contributed by atoms with Crippen LogP contribution in [0.15, 0.2) is 11.8 Å². The van der Waals surface area contributed by atoms with Crippen molar-refractivity contribution in [2.45, 2.75) is 25.5 Å². The van der Waals surface area contributed by atoms with Gasteiger partial charge in [0.1, 0.15) is 5.70 Å². The summed E-state index contributed by atoms with van der Waals surface area (Å²) in [6.45, 7) is 1.55. The van der Waals surface area contributed by atoms with Crippen molar-refractivity contribution in [2.75, 3.05) is 0 Å². The normalized spacial score (nSPS) is 32.0. The summed E-state index contributed by atoms with van der Waals surface area (Å²) in [7, 11) is 0. The third kappa shape index (κ3) is 0.988. The van der Waals surface area contributed by atoms with Crippen LogP contribution < -0.4 is 0 Å². The van der Waals surface area contributed by atoms with Crippen molar-refractivity contribution < 1.29 is 19.8 Å². The van der Waals surface area contributed by atoms with Crippen LogP contribution in [0.25, 0.3) is 0 Å². The van der Waals surface area contributed by atoms with E-state index in [-0.39, 0.29) is 17.6 Å². The zero-order valence-electron chi connectivity index (χ0n) is 7.67. The molecule has 0 bridgehead atoms. The zero-order chi connectivity index (χ0) is 10.5. The number of nitrogens with zero attached hydrogens (tertiary/aromatic N) is 1. The van der Waals surface area contributed by atoms with Gasteiger partial charge in [-0.1, -0.05) is 6.08 Å². The molecule has 0 aliphatic carbocycles. The second-order valence-electron chi connectivity index (χ2n) is 3.67. The summed E-state index contributed by atoms with van der Waals surface area (Å²) in [6, 6.07) is -0.145. The van der Waals surface area contributed by atoms with Gasteiger partial charge in [-0.3, -0.25) is 4.79 Å². The lowest BCUT2D eigenvalue weighted by Gasteiger charge is -2.44. The molecule has 2 rings (SSSR count). The predicted octanol–water partition coefficient (Wildman–Crippen LogP) is -0.434. The van der Waals surface area contributed by atoms with Gasteiger partial charge in [-0.15, -0.1) is 0 Å². The van der Waals surface area contributed by atoms with Gasteiger partial charge < -0.3 is 15.1 Å². The minimum atomic E-state index is -1.08. The molecule has 0 aromatic rings. The van der Waals surface area contributed by atoms with E-state index in [0.29, 0.717) is 6.42 Å². The zero-order valence-corrected chi connectivity index (χ0v) is 7.67. The molecule has 5 heteroatoms. The molecule has 1 saturated heterocycles. The number of rotatable bonds is 2. The van der Waals surface area contributed by atoms with Gasteiger partial charge >= 0.3 is 5.97 Å². The Balaban J connectivity index is 2.17. The molecule has 0 spiro atoms. The molecule has 14 heavy (non-hydrogen) atoms. The summed E-state index contributed by atoms with van der Waals surface area (Å²) in [5.74, 6) is -1.79. The summed E-state index contributed by atoms with van der Waals surface area (Å²) in [5.41, 5.74) is 0.0527. The number of carbonyl (C=O) groups excluding carboxylic acids is 1. The molecule has 2 aliphatic heterocycles. The Morgan fingerprint density at radius 1 is 1.71 bits per heavy atom. The van der Waals surface area contributed by atoms with Crippen molar-refractivity contribution >= 4 is 11.9 Å². The fourth-order valence-electron chi connectivity index (χ4n) is 2.17. The van der Waals surface area contributed by atoms with Gasteiger partial charge in [0.05, 0.1) is 18.1 Å². The molecule has 0 aromatic heterocycles. The van der Waals surface area contributed by atoms with Gasteiger partial charge in [0.15, 0.2) is 0 Å². The Morgan fingerprint density at radius 2 is 2.36 bits per heavy atom. The maximum absolute atomic E-state index is 11.5. The highest BCUT2D eigenvalue weighted by Crippen LogP contribution is 2.39. The topological polar surface area (TPSA) is 77.8 Å². The number of carboxylic acids is 1. The first-order chi connectivity index (χ1) is 6.54. The molecule has 76 valence electrons. The molecule has 2 aliphatic rings. The first-order valence-electron chi connectivity index (χ1n) is 4.48. The Hall–Kier alpha value is -1.36. The molecule has 2 heterocycles. The van der Waals surface area contributed by atoms with Crippen molar-refractivity contribution in [2.24, 2.45) is 5.92 Å². The van der Waals surface area contributed by atoms with Gasteiger partial charge in [-0.25, -0.2) is 4.79 Å². The highest BCUT2D eigenvalue weighted by atomic mass is 16.4. The molecule has 3 atom stereocenters. The number of hydrogen-bond donors (Lipinski definition) is 2. The molecular weight excluding hydrogens is 186 g/mol. The van der Waals surface area contributed by atoms with Crippen molar-refractivity contribution in [3.05, 3.63) is 11.8 Å². The summed E-state index contributed by atoms with van der Waals surface area (Å²) in [4.78, 5) is 23.4. The van der Waals surface area contributed by atoms with E-state index in [1.807, 2.05) is 0 Å². The average molecular weight is 197 g/mol. The Kier molecular flexibility index (Phi) is 1.85. The van der Waals surface area contributed by atoms with Gasteiger partial charge in [0, 0.05) is 0 Å². The first kappa shape index (κ1) is 9.21. The highest BCUT2D eigenvalue weighted by Gasteiger charge is 2.54. The van der Waals surface area contributed by atoms with Crippen LogP contribution in [-0.2, 0) is 9.59 Å². The minimum Gasteiger partial charge on any atom is -0.477 e. The smallest absolute Gasteiger partial charge is 0.352 e. The fraction of sp³-hybridized carbons (Fsp3) is 0.556. The van der Waals surface area contributed by atoms with Crippen LogP contribution in [0, 0.1) is 5.92 Å². The van der Waals surface area contributed by atoms with E-state index in [2.05, 4.69) is 0 Å². The summed E-state index contributed by atoms with van der Waals surface area (Å²) in [5, 5.41) is 18.0. The van der Waals surface area contributed by atoms with Crippen LogP contribution in [0.4, 0.5) is 0 Å². The van der Waals surface area contributed by atoms with Crippen LogP contribution in [0.5, 0.6) is 0 Å². The SMILES string of the molecule is CC(O)[C@H]1C(=O)N2C(C(=O)O)=CC[C@@H]12. The van der Waals surface area contributed by atoms with E-state index in [9.17, 15) is 14.7 Å². The molecule has 0 radical (unpaired) electrons. The lowest BCUT2D eigenvalue weighted by Crippen LogP contribution is -2.61. The fourth-order valence-corrected chi connectivity index (χ4v) is 2.17. The summed E-state index contributed by atoms with van der Waals surface area (Å²) < 4.78 is 0. The van der Waals surface area contributed by atoms with Crippen molar-refractivity contribution in [1.29, 1.82) is 0 Å². The lowest BCUT2D eigenvalue weighted by molar-refractivity contribution is -0.161. The van der Waals surface area contributed by atoms with Crippen LogP contribution in [0.3, 0.4) is 0 Å². The van der Waals surface area contributed by atoms with Crippen molar-refractivity contribution in [3.8, 4) is 0 Å². The minimum absolute atomic E-state index is 0.0527. The van der Waals surface area contributed by atoms with Crippen LogP contribution in [-0.4, -0.2) is 39.1 Å². The van der Waals surface area contributed by atoms with Crippen LogP contribution in [0.1, 0.15) is 13.3 Å². The molecule has 0 aromatic carbocycles. The number of hydrogen-bond acceptors (Lipinski definition) is 3. The first-order valence-corrected chi connectivity index (χ1v) is 4.48. The Bertz CT molecular complexity index is 334. The number of amides is 1. The molecular formula is C9H11NO4. The second kappa shape index (κ2) is 2.81. The Labute approximate surface area is 80.6 Å². The third-order valence-electron chi connectivity index (χ3n) is 2.82. The molecule has 0 saturated carbocycles. The molecule has 1 fully saturated rings.